The molecule has 0 saturated carbocycles. The molecular formula is C5H4IN7. The van der Waals surface area contributed by atoms with Gasteiger partial charge >= 0.3 is 0 Å². The van der Waals surface area contributed by atoms with E-state index < -0.39 is 0 Å². The maximum Gasteiger partial charge on any atom is 0.191 e. The molecule has 7 nitrogen and oxygen atoms in total. The van der Waals surface area contributed by atoms with Gasteiger partial charge in [0.25, 0.3) is 0 Å². The molecule has 2 rings (SSSR count). The molecule has 0 bridgehead atoms. The van der Waals surface area contributed by atoms with Crippen LogP contribution in [-0.2, 0) is 0 Å². The summed E-state index contributed by atoms with van der Waals surface area (Å²) < 4.78 is 0.815. The van der Waals surface area contributed by atoms with Gasteiger partial charge in [0.1, 0.15) is 10.0 Å². The molecule has 2 aromatic rings. The predicted octanol–water partition coefficient (Wildman–Crippen LogP) is 0.915. The van der Waals surface area contributed by atoms with Crippen molar-refractivity contribution in [1.29, 1.82) is 0 Å². The maximum absolute atomic E-state index is 4.94. The highest BCUT2D eigenvalue weighted by Crippen LogP contribution is 2.24. The molecule has 2 heterocycles. The molecule has 0 aliphatic rings. The first-order chi connectivity index (χ1) is 6.33. The molecule has 0 aliphatic carbocycles. The highest BCUT2D eigenvalue weighted by molar-refractivity contribution is 14.1. The number of hydrogen-bond donors (Lipinski definition) is 2. The summed E-state index contributed by atoms with van der Waals surface area (Å²) in [5.41, 5.74) is 0.557. The van der Waals surface area contributed by atoms with E-state index in [1.54, 1.807) is 0 Å². The van der Waals surface area contributed by atoms with E-state index in [-0.39, 0.29) is 0 Å². The molecule has 0 atom stereocenters. The second kappa shape index (κ2) is 3.20. The van der Waals surface area contributed by atoms with Gasteiger partial charge in [-0.3, -0.25) is 5.10 Å². The standard InChI is InChI=1S/C5H4IN7/c6-3-2-4(11-10-3)8-1-9-5(2)12-13-7/h1H,(H3,7,8,9,10,11,12). The number of aromatic amines is 1. The van der Waals surface area contributed by atoms with Gasteiger partial charge < -0.3 is 5.84 Å². The number of nitrogens with two attached hydrogens (primary N) is 1. The zero-order valence-corrected chi connectivity index (χ0v) is 8.43. The second-order valence-corrected chi connectivity index (χ2v) is 3.23. The van der Waals surface area contributed by atoms with E-state index in [1.807, 2.05) is 0 Å². The van der Waals surface area contributed by atoms with E-state index in [2.05, 4.69) is 53.1 Å². The van der Waals surface area contributed by atoms with Gasteiger partial charge in [-0.05, 0) is 22.6 Å². The van der Waals surface area contributed by atoms with Crippen LogP contribution in [0.4, 0.5) is 5.82 Å². The zero-order chi connectivity index (χ0) is 9.26. The van der Waals surface area contributed by atoms with Gasteiger partial charge in [-0.25, -0.2) is 9.97 Å². The smallest absolute Gasteiger partial charge is 0.191 e. The van der Waals surface area contributed by atoms with Crippen LogP contribution in [-0.4, -0.2) is 20.2 Å². The van der Waals surface area contributed by atoms with Crippen LogP contribution in [0.3, 0.4) is 0 Å². The Balaban J connectivity index is 2.80. The van der Waals surface area contributed by atoms with Gasteiger partial charge in [-0.1, -0.05) is 5.22 Å². The highest BCUT2D eigenvalue weighted by atomic mass is 127. The van der Waals surface area contributed by atoms with Crippen molar-refractivity contribution in [3.63, 3.8) is 0 Å². The number of nitrogens with zero attached hydrogens (tertiary/aromatic N) is 5. The first-order valence-electron chi connectivity index (χ1n) is 3.28. The van der Waals surface area contributed by atoms with E-state index in [1.165, 1.54) is 6.33 Å². The lowest BCUT2D eigenvalue weighted by Crippen LogP contribution is -1.82. The fourth-order valence-electron chi connectivity index (χ4n) is 0.937. The summed E-state index contributed by atoms with van der Waals surface area (Å²) in [6.45, 7) is 0. The van der Waals surface area contributed by atoms with Crippen LogP contribution in [0.2, 0.25) is 0 Å². The van der Waals surface area contributed by atoms with Gasteiger partial charge in [-0.15, -0.1) is 5.11 Å². The van der Waals surface area contributed by atoms with Gasteiger partial charge in [0.05, 0.1) is 5.39 Å². The molecule has 0 aliphatic heterocycles. The quantitative estimate of drug-likeness (QED) is 0.352. The lowest BCUT2D eigenvalue weighted by Gasteiger charge is -1.91. The summed E-state index contributed by atoms with van der Waals surface area (Å²) in [6, 6.07) is 0. The largest absolute Gasteiger partial charge is 0.305 e. The minimum atomic E-state index is 0.422. The first kappa shape index (κ1) is 8.29. The van der Waals surface area contributed by atoms with Crippen molar-refractivity contribution in [2.24, 2.45) is 16.2 Å². The Morgan fingerprint density at radius 2 is 2.31 bits per heavy atom. The van der Waals surface area contributed by atoms with Crippen LogP contribution < -0.4 is 5.84 Å². The van der Waals surface area contributed by atoms with E-state index in [9.17, 15) is 0 Å². The Morgan fingerprint density at radius 1 is 1.46 bits per heavy atom. The van der Waals surface area contributed by atoms with Crippen LogP contribution in [0, 0.1) is 3.70 Å². The average Bonchev–Trinajstić information content (AvgIpc) is 2.50. The van der Waals surface area contributed by atoms with Crippen LogP contribution in [0.1, 0.15) is 0 Å². The molecule has 13 heavy (non-hydrogen) atoms. The topological polar surface area (TPSA) is 105 Å². The molecule has 0 radical (unpaired) electrons. The molecule has 3 N–H and O–H groups in total. The molecule has 66 valence electrons. The Kier molecular flexibility index (Phi) is 2.04. The van der Waals surface area contributed by atoms with E-state index in [0.717, 1.165) is 9.09 Å². The fourth-order valence-corrected chi connectivity index (χ4v) is 1.54. The molecule has 0 fully saturated rings. The second-order valence-electron chi connectivity index (χ2n) is 2.15. The highest BCUT2D eigenvalue weighted by Gasteiger charge is 2.09. The monoisotopic (exact) mass is 289 g/mol. The van der Waals surface area contributed by atoms with Gasteiger partial charge in [0.2, 0.25) is 0 Å². The van der Waals surface area contributed by atoms with Gasteiger partial charge in [0.15, 0.2) is 11.5 Å². The van der Waals surface area contributed by atoms with Gasteiger partial charge in [-0.2, -0.15) is 5.10 Å². The number of fused-ring (bicyclic) bond motifs is 1. The van der Waals surface area contributed by atoms with Crippen molar-refractivity contribution in [1.82, 2.24) is 20.2 Å². The summed E-state index contributed by atoms with van der Waals surface area (Å²) in [5.74, 6) is 5.36. The Bertz CT molecular complexity index is 461. The van der Waals surface area contributed by atoms with Crippen molar-refractivity contribution in [2.75, 3.05) is 0 Å². The van der Waals surface area contributed by atoms with Gasteiger partial charge in [0, 0.05) is 0 Å². The summed E-state index contributed by atoms with van der Waals surface area (Å²) in [4.78, 5) is 7.86. The Labute approximate surface area is 86.0 Å². The maximum atomic E-state index is 4.94. The summed E-state index contributed by atoms with van der Waals surface area (Å²) in [5, 5.41) is 14.3. The van der Waals surface area contributed by atoms with Crippen molar-refractivity contribution in [3.8, 4) is 0 Å². The molecule has 0 aromatic carbocycles. The van der Waals surface area contributed by atoms with Crippen molar-refractivity contribution >= 4 is 39.4 Å². The minimum Gasteiger partial charge on any atom is -0.305 e. The molecule has 2 aromatic heterocycles. The summed E-state index contributed by atoms with van der Waals surface area (Å²) >= 11 is 2.08. The predicted molar refractivity (Wildman–Crippen MR) is 53.1 cm³/mol. The Morgan fingerprint density at radius 3 is 3.08 bits per heavy atom. The molecule has 0 amide bonds. The molecular weight excluding hydrogens is 285 g/mol. The van der Waals surface area contributed by atoms with Crippen LogP contribution in [0.15, 0.2) is 16.7 Å². The molecule has 0 saturated heterocycles. The molecule has 8 heteroatoms. The lowest BCUT2D eigenvalue weighted by molar-refractivity contribution is 1.03. The third-order valence-corrected chi connectivity index (χ3v) is 2.22. The SMILES string of the molecule is NN=Nc1ncnc2n[nH]c(I)c12. The minimum absolute atomic E-state index is 0.422. The van der Waals surface area contributed by atoms with E-state index in [4.69, 9.17) is 5.84 Å². The summed E-state index contributed by atoms with van der Waals surface area (Å²) in [6.07, 6.45) is 1.36. The van der Waals surface area contributed by atoms with Crippen molar-refractivity contribution < 1.29 is 0 Å². The number of halogens is 1. The van der Waals surface area contributed by atoms with Crippen LogP contribution in [0.5, 0.6) is 0 Å². The zero-order valence-electron chi connectivity index (χ0n) is 6.27. The molecule has 0 unspecified atom stereocenters. The Hall–Kier alpha value is -1.32. The van der Waals surface area contributed by atoms with Crippen molar-refractivity contribution in [2.45, 2.75) is 0 Å². The number of hydrogen-bond acceptors (Lipinski definition) is 5. The third kappa shape index (κ3) is 1.32. The third-order valence-electron chi connectivity index (χ3n) is 1.44. The van der Waals surface area contributed by atoms with Crippen molar-refractivity contribution in [3.05, 3.63) is 10.0 Å². The van der Waals surface area contributed by atoms with Crippen LogP contribution in [0.25, 0.3) is 11.0 Å². The van der Waals surface area contributed by atoms with Crippen LogP contribution >= 0.6 is 22.6 Å². The normalized spacial score (nSPS) is 11.5. The van der Waals surface area contributed by atoms with E-state index >= 15 is 0 Å². The number of H-pyrrole nitrogens is 1. The lowest BCUT2D eigenvalue weighted by atomic mass is 10.4. The summed E-state index contributed by atoms with van der Waals surface area (Å²) in [7, 11) is 0. The first-order valence-corrected chi connectivity index (χ1v) is 4.36. The van der Waals surface area contributed by atoms with E-state index in [0.29, 0.717) is 11.5 Å². The average molecular weight is 289 g/mol. The number of aromatic nitrogens is 4. The number of rotatable bonds is 1. The fraction of sp³-hybridized carbons (Fsp3) is 0. The molecule has 0 spiro atoms. The number of nitrogens with one attached hydrogen (secondary N) is 1.